The van der Waals surface area contributed by atoms with Crippen LogP contribution in [-0.4, -0.2) is 42.5 Å². The topological polar surface area (TPSA) is 64.3 Å². The van der Waals surface area contributed by atoms with Crippen molar-refractivity contribution in [2.75, 3.05) is 31.1 Å². The Hall–Kier alpha value is -1.20. The Morgan fingerprint density at radius 1 is 1.44 bits per heavy atom. The van der Waals surface area contributed by atoms with E-state index in [0.717, 1.165) is 31.0 Å². The molecular weight excluding hydrogens is 228 g/mol. The molecule has 100 valence electrons. The third kappa shape index (κ3) is 3.40. The maximum atomic E-state index is 5.63. The zero-order valence-corrected chi connectivity index (χ0v) is 11.2. The van der Waals surface area contributed by atoms with Gasteiger partial charge in [-0.25, -0.2) is 0 Å². The molecule has 0 radical (unpaired) electrons. The third-order valence-corrected chi connectivity index (χ3v) is 3.05. The van der Waals surface area contributed by atoms with Crippen LogP contribution < -0.4 is 10.6 Å². The number of anilines is 1. The summed E-state index contributed by atoms with van der Waals surface area (Å²) in [5.41, 5.74) is 6.69. The smallest absolute Gasteiger partial charge is 0.151 e. The van der Waals surface area contributed by atoms with Crippen molar-refractivity contribution in [1.82, 2.24) is 10.2 Å². The number of hydrogen-bond acceptors (Lipinski definition) is 5. The maximum absolute atomic E-state index is 5.63. The van der Waals surface area contributed by atoms with Crippen LogP contribution in [0.2, 0.25) is 0 Å². The zero-order valence-electron chi connectivity index (χ0n) is 11.2. The summed E-state index contributed by atoms with van der Waals surface area (Å²) in [4.78, 5) is 2.19. The number of nitrogens with zero attached hydrogens (tertiary/aromatic N) is 3. The molecule has 1 aliphatic heterocycles. The van der Waals surface area contributed by atoms with Gasteiger partial charge in [-0.15, -0.1) is 5.10 Å². The lowest BCUT2D eigenvalue weighted by atomic mass is 10.1. The molecule has 5 heteroatoms. The summed E-state index contributed by atoms with van der Waals surface area (Å²) in [6.45, 7) is 7.28. The van der Waals surface area contributed by atoms with Gasteiger partial charge >= 0.3 is 0 Å². The minimum absolute atomic E-state index is 0.107. The lowest BCUT2D eigenvalue weighted by molar-refractivity contribution is 0.0462. The van der Waals surface area contributed by atoms with E-state index in [1.807, 2.05) is 6.07 Å². The number of morpholine rings is 1. The van der Waals surface area contributed by atoms with E-state index < -0.39 is 0 Å². The summed E-state index contributed by atoms with van der Waals surface area (Å²) in [6, 6.07) is 4.11. The molecule has 0 aromatic carbocycles. The molecule has 2 heterocycles. The van der Waals surface area contributed by atoms with Crippen molar-refractivity contribution in [3.05, 3.63) is 17.8 Å². The molecule has 0 spiro atoms. The van der Waals surface area contributed by atoms with E-state index in [0.29, 0.717) is 19.1 Å². The fourth-order valence-corrected chi connectivity index (χ4v) is 2.12. The van der Waals surface area contributed by atoms with Crippen LogP contribution in [0, 0.1) is 5.92 Å². The molecule has 0 amide bonds. The molecule has 1 aromatic rings. The number of aromatic nitrogens is 2. The van der Waals surface area contributed by atoms with E-state index in [-0.39, 0.29) is 6.10 Å². The Bertz CT molecular complexity index is 366. The number of rotatable bonds is 4. The second-order valence-corrected chi connectivity index (χ2v) is 5.16. The van der Waals surface area contributed by atoms with Crippen LogP contribution in [0.4, 0.5) is 5.82 Å². The van der Waals surface area contributed by atoms with Gasteiger partial charge in [0.05, 0.1) is 18.4 Å². The summed E-state index contributed by atoms with van der Waals surface area (Å²) >= 11 is 0. The second kappa shape index (κ2) is 6.11. The predicted octanol–water partition coefficient (Wildman–Crippen LogP) is 0.839. The first-order chi connectivity index (χ1) is 8.69. The minimum atomic E-state index is 0.107. The molecule has 1 aromatic heterocycles. The molecule has 2 rings (SSSR count). The van der Waals surface area contributed by atoms with Crippen molar-refractivity contribution in [2.45, 2.75) is 26.4 Å². The van der Waals surface area contributed by atoms with Crippen LogP contribution >= 0.6 is 0 Å². The molecule has 0 bridgehead atoms. The van der Waals surface area contributed by atoms with Crippen LogP contribution in [0.5, 0.6) is 0 Å². The van der Waals surface area contributed by atoms with Crippen LogP contribution in [-0.2, 0) is 11.2 Å². The van der Waals surface area contributed by atoms with Crippen molar-refractivity contribution in [2.24, 2.45) is 11.7 Å². The Morgan fingerprint density at radius 2 is 2.28 bits per heavy atom. The van der Waals surface area contributed by atoms with E-state index in [4.69, 9.17) is 10.5 Å². The monoisotopic (exact) mass is 250 g/mol. The van der Waals surface area contributed by atoms with Crippen LogP contribution in [0.25, 0.3) is 0 Å². The molecule has 1 atom stereocenters. The van der Waals surface area contributed by atoms with Gasteiger partial charge in [-0.3, -0.25) is 0 Å². The SMILES string of the molecule is CC(C)Cc1ccc(N2CCOC(CN)C2)nn1. The normalized spacial score (nSPS) is 20.4. The lowest BCUT2D eigenvalue weighted by Gasteiger charge is -2.32. The van der Waals surface area contributed by atoms with Gasteiger partial charge in [0, 0.05) is 19.6 Å². The highest BCUT2D eigenvalue weighted by atomic mass is 16.5. The van der Waals surface area contributed by atoms with E-state index in [1.54, 1.807) is 0 Å². The van der Waals surface area contributed by atoms with Gasteiger partial charge in [0.2, 0.25) is 0 Å². The fraction of sp³-hybridized carbons (Fsp3) is 0.692. The lowest BCUT2D eigenvalue weighted by Crippen LogP contribution is -2.46. The second-order valence-electron chi connectivity index (χ2n) is 5.16. The van der Waals surface area contributed by atoms with Crippen molar-refractivity contribution in [3.8, 4) is 0 Å². The largest absolute Gasteiger partial charge is 0.373 e. The molecule has 1 aliphatic rings. The van der Waals surface area contributed by atoms with Crippen LogP contribution in [0.1, 0.15) is 19.5 Å². The average Bonchev–Trinajstić information content (AvgIpc) is 2.39. The number of nitrogens with two attached hydrogens (primary N) is 1. The highest BCUT2D eigenvalue weighted by Gasteiger charge is 2.20. The quantitative estimate of drug-likeness (QED) is 0.858. The van der Waals surface area contributed by atoms with Gasteiger partial charge in [0.25, 0.3) is 0 Å². The summed E-state index contributed by atoms with van der Waals surface area (Å²) in [5.74, 6) is 1.53. The van der Waals surface area contributed by atoms with Crippen LogP contribution in [0.15, 0.2) is 12.1 Å². The molecule has 1 saturated heterocycles. The number of ether oxygens (including phenoxy) is 1. The van der Waals surface area contributed by atoms with E-state index in [2.05, 4.69) is 35.0 Å². The van der Waals surface area contributed by atoms with Crippen molar-refractivity contribution in [3.63, 3.8) is 0 Å². The van der Waals surface area contributed by atoms with Gasteiger partial charge in [0.1, 0.15) is 0 Å². The molecule has 0 saturated carbocycles. The fourth-order valence-electron chi connectivity index (χ4n) is 2.12. The van der Waals surface area contributed by atoms with E-state index in [1.165, 1.54) is 0 Å². The molecule has 5 nitrogen and oxygen atoms in total. The van der Waals surface area contributed by atoms with Gasteiger partial charge in [-0.05, 0) is 24.5 Å². The maximum Gasteiger partial charge on any atom is 0.151 e. The first-order valence-corrected chi connectivity index (χ1v) is 6.58. The minimum Gasteiger partial charge on any atom is -0.373 e. The first kappa shape index (κ1) is 13.2. The van der Waals surface area contributed by atoms with E-state index in [9.17, 15) is 0 Å². The zero-order chi connectivity index (χ0) is 13.0. The molecule has 1 fully saturated rings. The molecular formula is C13H22N4O. The molecule has 1 unspecified atom stereocenters. The van der Waals surface area contributed by atoms with E-state index >= 15 is 0 Å². The van der Waals surface area contributed by atoms with Crippen molar-refractivity contribution in [1.29, 1.82) is 0 Å². The summed E-state index contributed by atoms with van der Waals surface area (Å²) in [5, 5.41) is 8.58. The summed E-state index contributed by atoms with van der Waals surface area (Å²) < 4.78 is 5.54. The Labute approximate surface area is 108 Å². The summed E-state index contributed by atoms with van der Waals surface area (Å²) in [7, 11) is 0. The third-order valence-electron chi connectivity index (χ3n) is 3.05. The summed E-state index contributed by atoms with van der Waals surface area (Å²) in [6.07, 6.45) is 1.08. The Kier molecular flexibility index (Phi) is 4.49. The van der Waals surface area contributed by atoms with Crippen molar-refractivity contribution < 1.29 is 4.74 Å². The highest BCUT2D eigenvalue weighted by molar-refractivity contribution is 5.38. The van der Waals surface area contributed by atoms with Gasteiger partial charge in [0.15, 0.2) is 5.82 Å². The van der Waals surface area contributed by atoms with Gasteiger partial charge in [-0.1, -0.05) is 13.8 Å². The van der Waals surface area contributed by atoms with Crippen LogP contribution in [0.3, 0.4) is 0 Å². The Balaban J connectivity index is 2.00. The standard InChI is InChI=1S/C13H22N4O/c1-10(2)7-11-3-4-13(16-15-11)17-5-6-18-12(8-14)9-17/h3-4,10,12H,5-9,14H2,1-2H3. The number of hydrogen-bond donors (Lipinski definition) is 1. The molecule has 2 N–H and O–H groups in total. The van der Waals surface area contributed by atoms with Crippen molar-refractivity contribution >= 4 is 5.82 Å². The molecule has 18 heavy (non-hydrogen) atoms. The first-order valence-electron chi connectivity index (χ1n) is 6.58. The average molecular weight is 250 g/mol. The highest BCUT2D eigenvalue weighted by Crippen LogP contribution is 2.15. The predicted molar refractivity (Wildman–Crippen MR) is 71.6 cm³/mol. The van der Waals surface area contributed by atoms with Gasteiger partial charge in [-0.2, -0.15) is 5.10 Å². The molecule has 0 aliphatic carbocycles. The van der Waals surface area contributed by atoms with Gasteiger partial charge < -0.3 is 15.4 Å². The Morgan fingerprint density at radius 3 is 2.89 bits per heavy atom.